The molecule has 34 heavy (non-hydrogen) atoms. The van der Waals surface area contributed by atoms with Crippen molar-refractivity contribution in [1.82, 2.24) is 14.9 Å². The van der Waals surface area contributed by atoms with Gasteiger partial charge in [0.15, 0.2) is 0 Å². The second-order valence-corrected chi connectivity index (χ2v) is 8.27. The number of fused-ring (bicyclic) bond motifs is 1. The third kappa shape index (κ3) is 4.97. The molecule has 1 aliphatic heterocycles. The third-order valence-electron chi connectivity index (χ3n) is 5.71. The highest BCUT2D eigenvalue weighted by atomic mass is 32.1. The summed E-state index contributed by atoms with van der Waals surface area (Å²) in [6.07, 6.45) is 3.26. The Kier molecular flexibility index (Phi) is 6.31. The lowest BCUT2D eigenvalue weighted by Gasteiger charge is -2.36. The summed E-state index contributed by atoms with van der Waals surface area (Å²) < 4.78 is 5.89. The van der Waals surface area contributed by atoms with Crippen molar-refractivity contribution in [3.63, 3.8) is 0 Å². The van der Waals surface area contributed by atoms with Gasteiger partial charge in [0.05, 0.1) is 11.0 Å². The quantitative estimate of drug-likeness (QED) is 0.445. The molecule has 1 fully saturated rings. The summed E-state index contributed by atoms with van der Waals surface area (Å²) in [5, 5.41) is 3.34. The van der Waals surface area contributed by atoms with Crippen molar-refractivity contribution in [2.45, 2.75) is 0 Å². The molecule has 8 heteroatoms. The van der Waals surface area contributed by atoms with Gasteiger partial charge in [0.1, 0.15) is 5.75 Å². The number of amides is 1. The van der Waals surface area contributed by atoms with E-state index in [-0.39, 0.29) is 5.91 Å². The van der Waals surface area contributed by atoms with E-state index in [1.165, 1.54) is 5.69 Å². The zero-order valence-electron chi connectivity index (χ0n) is 18.4. The predicted octanol–water partition coefficient (Wildman–Crippen LogP) is 4.37. The van der Waals surface area contributed by atoms with Crippen LogP contribution >= 0.6 is 12.2 Å². The minimum absolute atomic E-state index is 0.214. The van der Waals surface area contributed by atoms with Gasteiger partial charge in [-0.05, 0) is 66.8 Å². The number of nitrogens with zero attached hydrogens (tertiary/aromatic N) is 4. The Morgan fingerprint density at radius 2 is 1.56 bits per heavy atom. The molecule has 3 aromatic carbocycles. The lowest BCUT2D eigenvalue weighted by Crippen LogP contribution is -2.49. The molecule has 1 aromatic heterocycles. The first-order chi connectivity index (χ1) is 16.7. The van der Waals surface area contributed by atoms with Gasteiger partial charge in [0, 0.05) is 55.5 Å². The van der Waals surface area contributed by atoms with Gasteiger partial charge in [0.25, 0.3) is 11.1 Å². The predicted molar refractivity (Wildman–Crippen MR) is 137 cm³/mol. The summed E-state index contributed by atoms with van der Waals surface area (Å²) >= 11 is 5.52. The molecule has 0 saturated carbocycles. The first kappa shape index (κ1) is 21.8. The Labute approximate surface area is 203 Å². The minimum atomic E-state index is -0.214. The van der Waals surface area contributed by atoms with E-state index in [2.05, 4.69) is 49.4 Å². The van der Waals surface area contributed by atoms with E-state index in [0.29, 0.717) is 22.2 Å². The van der Waals surface area contributed by atoms with Gasteiger partial charge in [-0.1, -0.05) is 18.2 Å². The zero-order chi connectivity index (χ0) is 23.3. The van der Waals surface area contributed by atoms with Crippen LogP contribution in [-0.2, 0) is 0 Å². The molecule has 0 bridgehead atoms. The van der Waals surface area contributed by atoms with Crippen LogP contribution in [-0.4, -0.2) is 52.1 Å². The van der Waals surface area contributed by atoms with E-state index in [4.69, 9.17) is 17.0 Å². The number of hydrogen-bond donors (Lipinski definition) is 1. The first-order valence-corrected chi connectivity index (χ1v) is 11.5. The van der Waals surface area contributed by atoms with Crippen molar-refractivity contribution in [3.05, 3.63) is 90.8 Å². The molecular weight excluding hydrogens is 446 g/mol. The average molecular weight is 470 g/mol. The van der Waals surface area contributed by atoms with Crippen LogP contribution in [0.15, 0.2) is 85.2 Å². The molecule has 0 aliphatic carbocycles. The van der Waals surface area contributed by atoms with Gasteiger partial charge in [-0.15, -0.1) is 0 Å². The van der Waals surface area contributed by atoms with Gasteiger partial charge >= 0.3 is 0 Å². The highest BCUT2D eigenvalue weighted by molar-refractivity contribution is 7.80. The van der Waals surface area contributed by atoms with E-state index < -0.39 is 0 Å². The molecule has 1 amide bonds. The fourth-order valence-electron chi connectivity index (χ4n) is 3.87. The lowest BCUT2D eigenvalue weighted by molar-refractivity contribution is 0.102. The molecule has 2 heterocycles. The third-order valence-corrected chi connectivity index (χ3v) is 6.05. The Morgan fingerprint density at radius 3 is 2.29 bits per heavy atom. The second kappa shape index (κ2) is 9.84. The smallest absolute Gasteiger partial charge is 0.264 e. The summed E-state index contributed by atoms with van der Waals surface area (Å²) in [5.74, 6) is 0.391. The van der Waals surface area contributed by atoms with Crippen LogP contribution in [0.1, 0.15) is 10.4 Å². The average Bonchev–Trinajstić information content (AvgIpc) is 2.89. The SMILES string of the molecule is O=C(Nc1ccc2nccnc2c1)c1ccc(OC(=S)N2CCN(c3ccccc3)CC2)cc1. The molecule has 4 aromatic rings. The lowest BCUT2D eigenvalue weighted by atomic mass is 10.2. The monoisotopic (exact) mass is 469 g/mol. The van der Waals surface area contributed by atoms with Gasteiger partial charge in [0.2, 0.25) is 0 Å². The number of hydrogen-bond acceptors (Lipinski definition) is 6. The van der Waals surface area contributed by atoms with Crippen molar-refractivity contribution >= 4 is 45.7 Å². The van der Waals surface area contributed by atoms with Crippen LogP contribution in [0.2, 0.25) is 0 Å². The summed E-state index contributed by atoms with van der Waals surface area (Å²) in [6, 6.07) is 22.8. The molecule has 0 radical (unpaired) electrons. The number of nitrogens with one attached hydrogen (secondary N) is 1. The summed E-state index contributed by atoms with van der Waals surface area (Å²) in [5.41, 5.74) is 3.91. The molecule has 170 valence electrons. The number of carbonyl (C=O) groups excluding carboxylic acids is 1. The van der Waals surface area contributed by atoms with E-state index >= 15 is 0 Å². The van der Waals surface area contributed by atoms with Crippen molar-refractivity contribution in [3.8, 4) is 5.75 Å². The van der Waals surface area contributed by atoms with Gasteiger partial charge in [-0.2, -0.15) is 0 Å². The fraction of sp³-hybridized carbons (Fsp3) is 0.154. The molecule has 0 spiro atoms. The highest BCUT2D eigenvalue weighted by Gasteiger charge is 2.20. The molecule has 7 nitrogen and oxygen atoms in total. The molecular formula is C26H23N5O2S. The second-order valence-electron chi connectivity index (χ2n) is 7.92. The van der Waals surface area contributed by atoms with Crippen LogP contribution in [0, 0.1) is 0 Å². The van der Waals surface area contributed by atoms with Crippen molar-refractivity contribution < 1.29 is 9.53 Å². The molecule has 0 atom stereocenters. The van der Waals surface area contributed by atoms with Crippen LogP contribution in [0.3, 0.4) is 0 Å². The van der Waals surface area contributed by atoms with Crippen molar-refractivity contribution in [2.75, 3.05) is 36.4 Å². The number of thiocarbonyl (C=S) groups is 1. The van der Waals surface area contributed by atoms with Gasteiger partial charge in [-0.3, -0.25) is 14.8 Å². The van der Waals surface area contributed by atoms with Crippen LogP contribution in [0.25, 0.3) is 11.0 Å². The Bertz CT molecular complexity index is 1310. The topological polar surface area (TPSA) is 70.6 Å². The molecule has 5 rings (SSSR count). The summed E-state index contributed by atoms with van der Waals surface area (Å²) in [6.45, 7) is 3.36. The van der Waals surface area contributed by atoms with E-state index in [1.54, 1.807) is 42.7 Å². The number of ether oxygens (including phenoxy) is 1. The summed E-state index contributed by atoms with van der Waals surface area (Å²) in [7, 11) is 0. The van der Waals surface area contributed by atoms with E-state index in [1.807, 2.05) is 18.2 Å². The Hall–Kier alpha value is -4.04. The standard InChI is InChI=1S/C26H23N5O2S/c32-25(29-20-8-11-23-24(18-20)28-13-12-27-23)19-6-9-22(10-7-19)33-26(34)31-16-14-30(15-17-31)21-4-2-1-3-5-21/h1-13,18H,14-17H2,(H,29,32). The number of rotatable bonds is 4. The Morgan fingerprint density at radius 1 is 0.853 bits per heavy atom. The van der Waals surface area contributed by atoms with Crippen LogP contribution in [0.5, 0.6) is 5.75 Å². The summed E-state index contributed by atoms with van der Waals surface area (Å²) in [4.78, 5) is 25.6. The number of piperazine rings is 1. The fourth-order valence-corrected chi connectivity index (χ4v) is 4.15. The van der Waals surface area contributed by atoms with Gasteiger partial charge < -0.3 is 19.9 Å². The van der Waals surface area contributed by atoms with E-state index in [0.717, 1.165) is 37.2 Å². The molecule has 1 aliphatic rings. The highest BCUT2D eigenvalue weighted by Crippen LogP contribution is 2.19. The maximum absolute atomic E-state index is 12.7. The maximum atomic E-state index is 12.7. The number of benzene rings is 3. The molecule has 1 N–H and O–H groups in total. The number of aromatic nitrogens is 2. The van der Waals surface area contributed by atoms with Crippen molar-refractivity contribution in [2.24, 2.45) is 0 Å². The number of carbonyl (C=O) groups is 1. The number of para-hydroxylation sites is 1. The normalized spacial score (nSPS) is 13.5. The zero-order valence-corrected chi connectivity index (χ0v) is 19.2. The minimum Gasteiger partial charge on any atom is -0.432 e. The van der Waals surface area contributed by atoms with Gasteiger partial charge in [-0.25, -0.2) is 0 Å². The Balaban J connectivity index is 1.15. The number of anilines is 2. The van der Waals surface area contributed by atoms with Crippen LogP contribution in [0.4, 0.5) is 11.4 Å². The molecule has 0 unspecified atom stereocenters. The largest absolute Gasteiger partial charge is 0.432 e. The van der Waals surface area contributed by atoms with Crippen LogP contribution < -0.4 is 15.0 Å². The maximum Gasteiger partial charge on any atom is 0.264 e. The molecule has 1 saturated heterocycles. The van der Waals surface area contributed by atoms with Crippen molar-refractivity contribution in [1.29, 1.82) is 0 Å². The first-order valence-electron chi connectivity index (χ1n) is 11.0. The van der Waals surface area contributed by atoms with E-state index in [9.17, 15) is 4.79 Å².